The molecule has 1 aliphatic heterocycles. The number of nitrogens with zero attached hydrogens (tertiary/aromatic N) is 6. The molecule has 0 aromatic carbocycles. The van der Waals surface area contributed by atoms with Crippen LogP contribution in [0.25, 0.3) is 0 Å². The third-order valence-electron chi connectivity index (χ3n) is 4.22. The van der Waals surface area contributed by atoms with E-state index in [1.54, 1.807) is 13.1 Å². The standard InChI is InChI=1S/C18H24N6O2/c1-12-11-13(2)21-18(20-12)24-9-7-23(8-10-24)16-5-6-19-17(22-16)14(3)26-15(4)25/h5-6,11,14H,7-10H2,1-4H3/t14-/m1/s1. The lowest BCUT2D eigenvalue weighted by Gasteiger charge is -2.35. The van der Waals surface area contributed by atoms with Gasteiger partial charge in [-0.25, -0.2) is 19.9 Å². The van der Waals surface area contributed by atoms with Crippen LogP contribution >= 0.6 is 0 Å². The van der Waals surface area contributed by atoms with Crippen LogP contribution in [0.3, 0.4) is 0 Å². The summed E-state index contributed by atoms with van der Waals surface area (Å²) in [6, 6.07) is 3.86. The van der Waals surface area contributed by atoms with Crippen LogP contribution in [-0.4, -0.2) is 52.1 Å². The van der Waals surface area contributed by atoms with Gasteiger partial charge in [-0.2, -0.15) is 0 Å². The van der Waals surface area contributed by atoms with Crippen molar-refractivity contribution >= 4 is 17.7 Å². The second-order valence-electron chi connectivity index (χ2n) is 6.45. The van der Waals surface area contributed by atoms with Crippen LogP contribution < -0.4 is 9.80 Å². The number of carbonyl (C=O) groups excluding carboxylic acids is 1. The molecule has 1 aliphatic rings. The number of hydrogen-bond donors (Lipinski definition) is 0. The van der Waals surface area contributed by atoms with Gasteiger partial charge < -0.3 is 14.5 Å². The molecule has 0 spiro atoms. The third kappa shape index (κ3) is 4.25. The van der Waals surface area contributed by atoms with E-state index in [1.165, 1.54) is 6.92 Å². The maximum atomic E-state index is 11.1. The van der Waals surface area contributed by atoms with Crippen LogP contribution in [0.15, 0.2) is 18.3 Å². The Morgan fingerprint density at radius 2 is 1.69 bits per heavy atom. The van der Waals surface area contributed by atoms with E-state index in [0.29, 0.717) is 5.82 Å². The van der Waals surface area contributed by atoms with Crippen LogP contribution in [-0.2, 0) is 9.53 Å². The van der Waals surface area contributed by atoms with E-state index in [-0.39, 0.29) is 5.97 Å². The van der Waals surface area contributed by atoms with E-state index in [0.717, 1.165) is 49.3 Å². The average molecular weight is 356 g/mol. The van der Waals surface area contributed by atoms with Gasteiger partial charge in [0.1, 0.15) is 5.82 Å². The minimum Gasteiger partial charge on any atom is -0.455 e. The van der Waals surface area contributed by atoms with Crippen molar-refractivity contribution in [3.8, 4) is 0 Å². The molecule has 2 aromatic rings. The Kier molecular flexibility index (Phi) is 5.29. The lowest BCUT2D eigenvalue weighted by molar-refractivity contribution is -0.146. The van der Waals surface area contributed by atoms with E-state index in [1.807, 2.05) is 26.0 Å². The Bertz CT molecular complexity index is 769. The minimum absolute atomic E-state index is 0.339. The summed E-state index contributed by atoms with van der Waals surface area (Å²) in [6.07, 6.45) is 1.24. The van der Waals surface area contributed by atoms with Crippen molar-refractivity contribution in [2.75, 3.05) is 36.0 Å². The molecule has 3 rings (SSSR count). The van der Waals surface area contributed by atoms with E-state index in [4.69, 9.17) is 4.74 Å². The maximum absolute atomic E-state index is 11.1. The summed E-state index contributed by atoms with van der Waals surface area (Å²) in [4.78, 5) is 33.4. The zero-order valence-corrected chi connectivity index (χ0v) is 15.6. The Morgan fingerprint density at radius 3 is 2.31 bits per heavy atom. The number of aryl methyl sites for hydroxylation is 2. The number of piperazine rings is 1. The molecule has 8 heteroatoms. The van der Waals surface area contributed by atoms with Gasteiger partial charge in [0.25, 0.3) is 0 Å². The number of esters is 1. The van der Waals surface area contributed by atoms with E-state index >= 15 is 0 Å². The summed E-state index contributed by atoms with van der Waals surface area (Å²) < 4.78 is 5.17. The van der Waals surface area contributed by atoms with Crippen molar-refractivity contribution in [3.05, 3.63) is 35.5 Å². The van der Waals surface area contributed by atoms with Crippen LogP contribution in [0.1, 0.15) is 37.2 Å². The molecule has 0 amide bonds. The summed E-state index contributed by atoms with van der Waals surface area (Å²) in [7, 11) is 0. The van der Waals surface area contributed by atoms with E-state index < -0.39 is 6.10 Å². The molecule has 0 bridgehead atoms. The third-order valence-corrected chi connectivity index (χ3v) is 4.22. The number of rotatable bonds is 4. The van der Waals surface area contributed by atoms with Crippen molar-refractivity contribution in [1.29, 1.82) is 0 Å². The molecule has 1 fully saturated rings. The van der Waals surface area contributed by atoms with Crippen molar-refractivity contribution in [2.45, 2.75) is 33.8 Å². The topological polar surface area (TPSA) is 84.3 Å². The van der Waals surface area contributed by atoms with Gasteiger partial charge >= 0.3 is 5.97 Å². The van der Waals surface area contributed by atoms with Gasteiger partial charge in [0.15, 0.2) is 11.9 Å². The van der Waals surface area contributed by atoms with Crippen molar-refractivity contribution in [3.63, 3.8) is 0 Å². The summed E-state index contributed by atoms with van der Waals surface area (Å²) in [5, 5.41) is 0. The molecule has 0 N–H and O–H groups in total. The predicted molar refractivity (Wildman–Crippen MR) is 98.1 cm³/mol. The number of carbonyl (C=O) groups is 1. The van der Waals surface area contributed by atoms with Gasteiger partial charge in [0.05, 0.1) is 0 Å². The van der Waals surface area contributed by atoms with Gasteiger partial charge in [0.2, 0.25) is 5.95 Å². The Morgan fingerprint density at radius 1 is 1.08 bits per heavy atom. The fourth-order valence-electron chi connectivity index (χ4n) is 3.02. The molecular formula is C18H24N6O2. The van der Waals surface area contributed by atoms with Crippen molar-refractivity contribution in [2.24, 2.45) is 0 Å². The van der Waals surface area contributed by atoms with Gasteiger partial charge in [-0.3, -0.25) is 4.79 Å². The molecule has 26 heavy (non-hydrogen) atoms. The Balaban J connectivity index is 1.67. The number of aromatic nitrogens is 4. The normalized spacial score (nSPS) is 15.7. The molecule has 0 saturated carbocycles. The quantitative estimate of drug-likeness (QED) is 0.767. The first-order chi connectivity index (χ1) is 12.4. The second kappa shape index (κ2) is 7.63. The zero-order valence-electron chi connectivity index (χ0n) is 15.6. The van der Waals surface area contributed by atoms with Crippen LogP contribution in [0.4, 0.5) is 11.8 Å². The highest BCUT2D eigenvalue weighted by molar-refractivity contribution is 5.66. The zero-order chi connectivity index (χ0) is 18.7. The lowest BCUT2D eigenvalue weighted by atomic mass is 10.3. The van der Waals surface area contributed by atoms with Gasteiger partial charge in [0, 0.05) is 50.7 Å². The fraction of sp³-hybridized carbons (Fsp3) is 0.500. The van der Waals surface area contributed by atoms with Crippen LogP contribution in [0, 0.1) is 13.8 Å². The van der Waals surface area contributed by atoms with Gasteiger partial charge in [-0.15, -0.1) is 0 Å². The fourth-order valence-corrected chi connectivity index (χ4v) is 3.02. The number of anilines is 2. The highest BCUT2D eigenvalue weighted by Gasteiger charge is 2.21. The Labute approximate surface area is 153 Å². The monoisotopic (exact) mass is 356 g/mol. The molecule has 3 heterocycles. The molecule has 0 unspecified atom stereocenters. The summed E-state index contributed by atoms with van der Waals surface area (Å²) >= 11 is 0. The van der Waals surface area contributed by atoms with Crippen LogP contribution in [0.2, 0.25) is 0 Å². The summed E-state index contributed by atoms with van der Waals surface area (Å²) in [5.74, 6) is 1.80. The lowest BCUT2D eigenvalue weighted by Crippen LogP contribution is -2.47. The first-order valence-electron chi connectivity index (χ1n) is 8.74. The largest absolute Gasteiger partial charge is 0.455 e. The van der Waals surface area contributed by atoms with Crippen molar-refractivity contribution in [1.82, 2.24) is 19.9 Å². The van der Waals surface area contributed by atoms with Gasteiger partial charge in [-0.1, -0.05) is 0 Å². The molecule has 1 saturated heterocycles. The van der Waals surface area contributed by atoms with E-state index in [9.17, 15) is 4.79 Å². The summed E-state index contributed by atoms with van der Waals surface area (Å²) in [6.45, 7) is 10.4. The first kappa shape index (κ1) is 18.0. The van der Waals surface area contributed by atoms with E-state index in [2.05, 4.69) is 29.7 Å². The molecular weight excluding hydrogens is 332 g/mol. The molecule has 1 atom stereocenters. The highest BCUT2D eigenvalue weighted by atomic mass is 16.5. The smallest absolute Gasteiger partial charge is 0.303 e. The second-order valence-corrected chi connectivity index (χ2v) is 6.45. The maximum Gasteiger partial charge on any atom is 0.303 e. The number of ether oxygens (including phenoxy) is 1. The molecule has 138 valence electrons. The van der Waals surface area contributed by atoms with Gasteiger partial charge in [-0.05, 0) is 32.9 Å². The average Bonchev–Trinajstić information content (AvgIpc) is 2.60. The SMILES string of the molecule is CC(=O)O[C@H](C)c1nccc(N2CCN(c3nc(C)cc(C)n3)CC2)n1. The molecule has 0 radical (unpaired) electrons. The minimum atomic E-state index is -0.461. The van der Waals surface area contributed by atoms with Crippen molar-refractivity contribution < 1.29 is 9.53 Å². The molecule has 8 nitrogen and oxygen atoms in total. The number of hydrogen-bond acceptors (Lipinski definition) is 8. The molecule has 0 aliphatic carbocycles. The Hall–Kier alpha value is -2.77. The van der Waals surface area contributed by atoms with Crippen LogP contribution in [0.5, 0.6) is 0 Å². The molecule has 2 aromatic heterocycles. The first-order valence-corrected chi connectivity index (χ1v) is 8.74. The summed E-state index contributed by atoms with van der Waals surface area (Å²) in [5.41, 5.74) is 1.96. The highest BCUT2D eigenvalue weighted by Crippen LogP contribution is 2.19. The predicted octanol–water partition coefficient (Wildman–Crippen LogP) is 1.83.